The van der Waals surface area contributed by atoms with Crippen molar-refractivity contribution in [2.75, 3.05) is 0 Å². The first kappa shape index (κ1) is 9.32. The summed E-state index contributed by atoms with van der Waals surface area (Å²) in [6, 6.07) is 6.58. The molecule has 14 heavy (non-hydrogen) atoms. The zero-order chi connectivity index (χ0) is 9.97. The molecule has 0 aliphatic rings. The van der Waals surface area contributed by atoms with Gasteiger partial charge in [-0.3, -0.25) is 0 Å². The van der Waals surface area contributed by atoms with Gasteiger partial charge < -0.3 is 4.98 Å². The highest BCUT2D eigenvalue weighted by molar-refractivity contribution is 5.86. The van der Waals surface area contributed by atoms with Crippen molar-refractivity contribution >= 4 is 10.9 Å². The molecule has 1 heterocycles. The van der Waals surface area contributed by atoms with Gasteiger partial charge in [-0.05, 0) is 24.0 Å². The lowest BCUT2D eigenvalue weighted by Crippen LogP contribution is -1.83. The average Bonchev–Trinajstić information content (AvgIpc) is 2.62. The minimum absolute atomic E-state index is 1.10. The third kappa shape index (κ3) is 1.43. The van der Waals surface area contributed by atoms with Gasteiger partial charge >= 0.3 is 0 Å². The monoisotopic (exact) mass is 187 g/mol. The fourth-order valence-electron chi connectivity index (χ4n) is 2.05. The van der Waals surface area contributed by atoms with Crippen molar-refractivity contribution < 1.29 is 0 Å². The van der Waals surface area contributed by atoms with E-state index >= 15 is 0 Å². The lowest BCUT2D eigenvalue weighted by Gasteiger charge is -2.00. The van der Waals surface area contributed by atoms with Crippen molar-refractivity contribution in [3.05, 3.63) is 35.5 Å². The highest BCUT2D eigenvalue weighted by Crippen LogP contribution is 2.22. The first-order valence-corrected chi connectivity index (χ1v) is 5.44. The number of rotatable bonds is 3. The lowest BCUT2D eigenvalue weighted by atomic mass is 10.1. The molecule has 1 N–H and O–H groups in total. The molecule has 74 valence electrons. The van der Waals surface area contributed by atoms with Gasteiger partial charge in [-0.25, -0.2) is 0 Å². The number of para-hydroxylation sites is 1. The van der Waals surface area contributed by atoms with E-state index in [-0.39, 0.29) is 0 Å². The van der Waals surface area contributed by atoms with Gasteiger partial charge in [0.15, 0.2) is 0 Å². The Kier molecular flexibility index (Phi) is 2.58. The van der Waals surface area contributed by atoms with Crippen LogP contribution in [-0.4, -0.2) is 4.98 Å². The molecule has 0 saturated carbocycles. The zero-order valence-corrected chi connectivity index (χ0v) is 8.93. The summed E-state index contributed by atoms with van der Waals surface area (Å²) in [7, 11) is 0. The molecule has 1 heteroatoms. The van der Waals surface area contributed by atoms with E-state index in [1.54, 1.807) is 0 Å². The number of H-pyrrole nitrogens is 1. The number of aromatic amines is 1. The smallest absolute Gasteiger partial charge is 0.0489 e. The molecule has 0 bridgehead atoms. The number of benzene rings is 1. The molecule has 0 spiro atoms. The highest BCUT2D eigenvalue weighted by Gasteiger charge is 2.04. The van der Waals surface area contributed by atoms with Crippen molar-refractivity contribution in [1.82, 2.24) is 4.98 Å². The van der Waals surface area contributed by atoms with Crippen LogP contribution in [0.4, 0.5) is 0 Å². The van der Waals surface area contributed by atoms with Gasteiger partial charge in [0, 0.05) is 17.1 Å². The fourth-order valence-corrected chi connectivity index (χ4v) is 2.05. The summed E-state index contributed by atoms with van der Waals surface area (Å²) in [6.45, 7) is 4.43. The van der Waals surface area contributed by atoms with E-state index in [4.69, 9.17) is 0 Å². The van der Waals surface area contributed by atoms with E-state index < -0.39 is 0 Å². The van der Waals surface area contributed by atoms with Gasteiger partial charge in [-0.15, -0.1) is 0 Å². The summed E-state index contributed by atoms with van der Waals surface area (Å²) in [6.07, 6.45) is 5.65. The number of hydrogen-bond donors (Lipinski definition) is 1. The Bertz CT molecular complexity index is 426. The van der Waals surface area contributed by atoms with Crippen LogP contribution in [0.15, 0.2) is 24.4 Å². The van der Waals surface area contributed by atoms with E-state index in [1.165, 1.54) is 34.9 Å². The van der Waals surface area contributed by atoms with Crippen molar-refractivity contribution in [3.8, 4) is 0 Å². The normalized spacial score (nSPS) is 11.0. The Balaban J connectivity index is 2.57. The fraction of sp³-hybridized carbons (Fsp3) is 0.385. The number of nitrogens with one attached hydrogen (secondary N) is 1. The lowest BCUT2D eigenvalue weighted by molar-refractivity contribution is 0.929. The van der Waals surface area contributed by atoms with Crippen LogP contribution in [0.5, 0.6) is 0 Å². The van der Waals surface area contributed by atoms with Crippen LogP contribution in [0.1, 0.15) is 31.4 Å². The number of aryl methyl sites for hydroxylation is 2. The summed E-state index contributed by atoms with van der Waals surface area (Å²) in [5, 5.41) is 1.41. The summed E-state index contributed by atoms with van der Waals surface area (Å²) in [5.41, 5.74) is 4.21. The van der Waals surface area contributed by atoms with E-state index in [0.717, 1.165) is 6.42 Å². The van der Waals surface area contributed by atoms with Crippen LogP contribution in [0, 0.1) is 0 Å². The van der Waals surface area contributed by atoms with E-state index in [1.807, 2.05) is 0 Å². The SMILES string of the molecule is CCCc1c[nH]c2c(CC)cccc12. The third-order valence-corrected chi connectivity index (χ3v) is 2.79. The van der Waals surface area contributed by atoms with Crippen LogP contribution >= 0.6 is 0 Å². The Morgan fingerprint density at radius 2 is 2.00 bits per heavy atom. The van der Waals surface area contributed by atoms with Gasteiger partial charge in [0.25, 0.3) is 0 Å². The summed E-state index contributed by atoms with van der Waals surface area (Å²) >= 11 is 0. The van der Waals surface area contributed by atoms with Crippen molar-refractivity contribution in [1.29, 1.82) is 0 Å². The van der Waals surface area contributed by atoms with E-state index in [0.29, 0.717) is 0 Å². The van der Waals surface area contributed by atoms with Crippen LogP contribution in [0.25, 0.3) is 10.9 Å². The minimum atomic E-state index is 1.10. The van der Waals surface area contributed by atoms with Crippen LogP contribution in [0.3, 0.4) is 0 Å². The summed E-state index contributed by atoms with van der Waals surface area (Å²) in [5.74, 6) is 0. The summed E-state index contributed by atoms with van der Waals surface area (Å²) < 4.78 is 0. The molecule has 2 aromatic rings. The first-order chi connectivity index (χ1) is 6.86. The maximum Gasteiger partial charge on any atom is 0.0489 e. The van der Waals surface area contributed by atoms with Gasteiger partial charge in [-0.1, -0.05) is 38.5 Å². The molecule has 0 saturated heterocycles. The minimum Gasteiger partial charge on any atom is -0.361 e. The van der Waals surface area contributed by atoms with Crippen molar-refractivity contribution in [2.24, 2.45) is 0 Å². The predicted octanol–water partition coefficient (Wildman–Crippen LogP) is 3.68. The van der Waals surface area contributed by atoms with Gasteiger partial charge in [0.1, 0.15) is 0 Å². The number of aromatic nitrogens is 1. The van der Waals surface area contributed by atoms with Gasteiger partial charge in [0.05, 0.1) is 0 Å². The van der Waals surface area contributed by atoms with E-state index in [2.05, 4.69) is 43.2 Å². The molecular weight excluding hydrogens is 170 g/mol. The predicted molar refractivity (Wildman–Crippen MR) is 61.7 cm³/mol. The molecule has 2 rings (SSSR count). The number of fused-ring (bicyclic) bond motifs is 1. The summed E-state index contributed by atoms with van der Waals surface area (Å²) in [4.78, 5) is 3.39. The third-order valence-electron chi connectivity index (χ3n) is 2.79. The maximum atomic E-state index is 3.39. The topological polar surface area (TPSA) is 15.8 Å². The Labute approximate surface area is 85.1 Å². The Hall–Kier alpha value is -1.24. The van der Waals surface area contributed by atoms with Crippen molar-refractivity contribution in [3.63, 3.8) is 0 Å². The van der Waals surface area contributed by atoms with Crippen LogP contribution in [0.2, 0.25) is 0 Å². The molecule has 1 aromatic heterocycles. The molecule has 1 nitrogen and oxygen atoms in total. The molecular formula is C13H17N. The second-order valence-corrected chi connectivity index (χ2v) is 3.76. The Morgan fingerprint density at radius 3 is 2.71 bits per heavy atom. The van der Waals surface area contributed by atoms with Crippen LogP contribution < -0.4 is 0 Å². The van der Waals surface area contributed by atoms with E-state index in [9.17, 15) is 0 Å². The average molecular weight is 187 g/mol. The quantitative estimate of drug-likeness (QED) is 0.754. The second-order valence-electron chi connectivity index (χ2n) is 3.76. The van der Waals surface area contributed by atoms with Crippen LogP contribution in [-0.2, 0) is 12.8 Å². The molecule has 0 aliphatic carbocycles. The Morgan fingerprint density at radius 1 is 1.14 bits per heavy atom. The zero-order valence-electron chi connectivity index (χ0n) is 8.93. The highest BCUT2D eigenvalue weighted by atomic mass is 14.7. The standard InChI is InChI=1S/C13H17N/c1-3-6-11-9-14-13-10(4-2)7-5-8-12(11)13/h5,7-9,14H,3-4,6H2,1-2H3. The molecule has 0 aliphatic heterocycles. The van der Waals surface area contributed by atoms with Gasteiger partial charge in [-0.2, -0.15) is 0 Å². The molecule has 1 aromatic carbocycles. The molecule has 0 fully saturated rings. The molecule has 0 radical (unpaired) electrons. The van der Waals surface area contributed by atoms with Gasteiger partial charge in [0.2, 0.25) is 0 Å². The largest absolute Gasteiger partial charge is 0.361 e. The molecule has 0 unspecified atom stereocenters. The molecule has 0 atom stereocenters. The van der Waals surface area contributed by atoms with Crippen molar-refractivity contribution in [2.45, 2.75) is 33.1 Å². The number of hydrogen-bond acceptors (Lipinski definition) is 0. The second kappa shape index (κ2) is 3.87. The molecule has 0 amide bonds. The maximum absolute atomic E-state index is 3.39. The first-order valence-electron chi connectivity index (χ1n) is 5.44.